The van der Waals surface area contributed by atoms with E-state index in [1.807, 2.05) is 73.1 Å². The third-order valence-electron chi connectivity index (χ3n) is 4.61. The number of rotatable bonds is 6. The van der Waals surface area contributed by atoms with Gasteiger partial charge < -0.3 is 10.6 Å². The summed E-state index contributed by atoms with van der Waals surface area (Å²) in [4.78, 5) is 22.3. The second kappa shape index (κ2) is 8.39. The van der Waals surface area contributed by atoms with Crippen LogP contribution in [-0.2, 0) is 6.54 Å². The molecule has 0 aliphatic heterocycles. The molecule has 2 heterocycles. The molecule has 0 aliphatic carbocycles. The number of pyridine rings is 2. The lowest BCUT2D eigenvalue weighted by molar-refractivity contribution is -0.885. The third-order valence-corrected chi connectivity index (χ3v) is 4.61. The Bertz CT molecular complexity index is 1140. The van der Waals surface area contributed by atoms with Crippen molar-refractivity contribution in [2.24, 2.45) is 0 Å². The average molecular weight is 385 g/mol. The fourth-order valence-electron chi connectivity index (χ4n) is 3.05. The van der Waals surface area contributed by atoms with Gasteiger partial charge in [-0.3, -0.25) is 9.63 Å². The topological polar surface area (TPSA) is 67.1 Å². The molecule has 2 aromatic carbocycles. The minimum absolute atomic E-state index is 0.207. The number of carbonyl (C=O) groups is 1. The second-order valence-electron chi connectivity index (χ2n) is 6.52. The largest absolute Gasteiger partial charge is 0.380 e. The summed E-state index contributed by atoms with van der Waals surface area (Å²) in [6, 6.07) is 21.1. The van der Waals surface area contributed by atoms with Gasteiger partial charge in [0.05, 0.1) is 5.56 Å². The van der Waals surface area contributed by atoms with E-state index in [0.717, 1.165) is 22.0 Å². The minimum Gasteiger partial charge on any atom is -0.380 e. The number of benzene rings is 2. The van der Waals surface area contributed by atoms with E-state index < -0.39 is 0 Å². The van der Waals surface area contributed by atoms with E-state index in [2.05, 4.69) is 15.6 Å². The zero-order valence-electron chi connectivity index (χ0n) is 16.0. The Kier molecular flexibility index (Phi) is 5.33. The summed E-state index contributed by atoms with van der Waals surface area (Å²) in [5.74, 6) is 0.317. The molecule has 0 saturated carbocycles. The van der Waals surface area contributed by atoms with Crippen molar-refractivity contribution in [1.29, 1.82) is 0 Å². The van der Waals surface area contributed by atoms with Crippen LogP contribution in [0.15, 0.2) is 85.3 Å². The number of hydrogen-bond acceptors (Lipinski definition) is 4. The molecular weight excluding hydrogens is 364 g/mol. The van der Waals surface area contributed by atoms with E-state index in [1.165, 1.54) is 0 Å². The van der Waals surface area contributed by atoms with Gasteiger partial charge in [0.15, 0.2) is 0 Å². The van der Waals surface area contributed by atoms with Crippen LogP contribution in [0, 0.1) is 0 Å². The molecule has 2 aromatic heterocycles. The van der Waals surface area contributed by atoms with Gasteiger partial charge in [0.2, 0.25) is 12.4 Å². The normalized spacial score (nSPS) is 10.5. The van der Waals surface area contributed by atoms with Crippen LogP contribution in [-0.4, -0.2) is 18.0 Å². The van der Waals surface area contributed by atoms with Gasteiger partial charge in [-0.25, -0.2) is 4.98 Å². The molecule has 4 aromatic rings. The molecule has 144 valence electrons. The summed E-state index contributed by atoms with van der Waals surface area (Å²) in [5.41, 5.74) is 2.39. The Morgan fingerprint density at radius 3 is 2.52 bits per heavy atom. The Balaban J connectivity index is 1.49. The smallest absolute Gasteiger partial charge is 0.258 e. The van der Waals surface area contributed by atoms with E-state index >= 15 is 0 Å². The van der Waals surface area contributed by atoms with E-state index in [-0.39, 0.29) is 5.91 Å². The molecule has 6 nitrogen and oxygen atoms in total. The number of anilines is 2. The summed E-state index contributed by atoms with van der Waals surface area (Å²) in [6.45, 7) is 0.586. The number of amides is 1. The van der Waals surface area contributed by atoms with Crippen molar-refractivity contribution in [3.8, 4) is 0 Å². The lowest BCUT2D eigenvalue weighted by Crippen LogP contribution is -2.39. The zero-order valence-corrected chi connectivity index (χ0v) is 16.0. The predicted molar refractivity (Wildman–Crippen MR) is 113 cm³/mol. The Morgan fingerprint density at radius 1 is 1.00 bits per heavy atom. The highest BCUT2D eigenvalue weighted by molar-refractivity contribution is 6.08. The van der Waals surface area contributed by atoms with Crippen molar-refractivity contribution >= 4 is 28.2 Å². The molecule has 29 heavy (non-hydrogen) atoms. The van der Waals surface area contributed by atoms with Crippen molar-refractivity contribution < 1.29 is 14.4 Å². The molecule has 0 spiro atoms. The van der Waals surface area contributed by atoms with Gasteiger partial charge in [0, 0.05) is 40.7 Å². The highest BCUT2D eigenvalue weighted by Crippen LogP contribution is 2.20. The molecule has 0 saturated heterocycles. The molecule has 4 rings (SSSR count). The molecule has 0 radical (unpaired) electrons. The van der Waals surface area contributed by atoms with Crippen molar-refractivity contribution in [1.82, 2.24) is 4.98 Å². The van der Waals surface area contributed by atoms with Crippen molar-refractivity contribution in [2.45, 2.75) is 6.54 Å². The van der Waals surface area contributed by atoms with Gasteiger partial charge in [-0.2, -0.15) is 0 Å². The molecule has 6 heteroatoms. The van der Waals surface area contributed by atoms with Gasteiger partial charge in [0.1, 0.15) is 12.9 Å². The number of nitrogens with one attached hydrogen (secondary N) is 2. The van der Waals surface area contributed by atoms with Crippen molar-refractivity contribution in [3.63, 3.8) is 0 Å². The number of para-hydroxylation sites is 1. The standard InChI is InChI=1S/C23H20N4O2/c1-29-27-12-10-17(11-13-27)15-24-21-9-5-4-8-20(21)23(28)26-22-14-18-6-2-3-7-19(18)16-25-22/h2-14,16H,15H2,1H3,(H-,24,25,26,28)/p+1. The summed E-state index contributed by atoms with van der Waals surface area (Å²) < 4.78 is 1.61. The van der Waals surface area contributed by atoms with Crippen LogP contribution >= 0.6 is 0 Å². The van der Waals surface area contributed by atoms with E-state index in [9.17, 15) is 4.79 Å². The minimum atomic E-state index is -0.207. The number of hydrogen-bond donors (Lipinski definition) is 2. The van der Waals surface area contributed by atoms with E-state index in [4.69, 9.17) is 4.84 Å². The SMILES string of the molecule is CO[n+]1ccc(CNc2ccccc2C(=O)Nc2cc3ccccc3cn2)cc1. The lowest BCUT2D eigenvalue weighted by atomic mass is 10.1. The molecule has 2 N–H and O–H groups in total. The van der Waals surface area contributed by atoms with Crippen LogP contribution in [0.3, 0.4) is 0 Å². The number of carbonyl (C=O) groups excluding carboxylic acids is 1. The Hall–Kier alpha value is -3.93. The first kappa shape index (κ1) is 18.4. The highest BCUT2D eigenvalue weighted by atomic mass is 16.6. The average Bonchev–Trinajstić information content (AvgIpc) is 2.78. The van der Waals surface area contributed by atoms with Crippen molar-refractivity contribution in [2.75, 3.05) is 17.7 Å². The number of nitrogens with zero attached hydrogens (tertiary/aromatic N) is 2. The fourth-order valence-corrected chi connectivity index (χ4v) is 3.05. The van der Waals surface area contributed by atoms with Crippen LogP contribution in [0.1, 0.15) is 15.9 Å². The van der Waals surface area contributed by atoms with Crippen LogP contribution < -0.4 is 20.2 Å². The molecule has 0 bridgehead atoms. The molecule has 0 fully saturated rings. The van der Waals surface area contributed by atoms with E-state index in [1.54, 1.807) is 24.1 Å². The fraction of sp³-hybridized carbons (Fsp3) is 0.0870. The molecular formula is C23H21N4O2+. The third kappa shape index (κ3) is 4.32. The first-order valence-corrected chi connectivity index (χ1v) is 9.26. The quantitative estimate of drug-likeness (QED) is 0.499. The lowest BCUT2D eigenvalue weighted by Gasteiger charge is -2.12. The van der Waals surface area contributed by atoms with Crippen LogP contribution in [0.2, 0.25) is 0 Å². The number of aromatic nitrogens is 2. The maximum absolute atomic E-state index is 12.9. The monoisotopic (exact) mass is 385 g/mol. The van der Waals surface area contributed by atoms with Crippen LogP contribution in [0.4, 0.5) is 11.5 Å². The molecule has 0 aliphatic rings. The van der Waals surface area contributed by atoms with E-state index in [0.29, 0.717) is 17.9 Å². The van der Waals surface area contributed by atoms with Crippen molar-refractivity contribution in [3.05, 3.63) is 96.4 Å². The first-order chi connectivity index (χ1) is 14.2. The maximum atomic E-state index is 12.9. The predicted octanol–water partition coefficient (Wildman–Crippen LogP) is 3.45. The summed E-state index contributed by atoms with van der Waals surface area (Å²) in [6.07, 6.45) is 5.43. The highest BCUT2D eigenvalue weighted by Gasteiger charge is 2.12. The zero-order chi connectivity index (χ0) is 20.1. The summed E-state index contributed by atoms with van der Waals surface area (Å²) in [7, 11) is 1.61. The van der Waals surface area contributed by atoms with Crippen LogP contribution in [0.5, 0.6) is 0 Å². The number of fused-ring (bicyclic) bond motifs is 1. The van der Waals surface area contributed by atoms with Gasteiger partial charge in [-0.05, 0) is 29.1 Å². The molecule has 0 atom stereocenters. The van der Waals surface area contributed by atoms with Crippen LogP contribution in [0.25, 0.3) is 10.8 Å². The molecule has 1 amide bonds. The maximum Gasteiger partial charge on any atom is 0.258 e. The van der Waals surface area contributed by atoms with Gasteiger partial charge in [-0.1, -0.05) is 36.4 Å². The summed E-state index contributed by atoms with van der Waals surface area (Å²) in [5, 5.41) is 8.29. The second-order valence-corrected chi connectivity index (χ2v) is 6.52. The Labute approximate surface area is 168 Å². The summed E-state index contributed by atoms with van der Waals surface area (Å²) >= 11 is 0. The first-order valence-electron chi connectivity index (χ1n) is 9.26. The van der Waals surface area contributed by atoms with Gasteiger partial charge in [-0.15, -0.1) is 0 Å². The molecule has 0 unspecified atom stereocenters. The van der Waals surface area contributed by atoms with Gasteiger partial charge >= 0.3 is 0 Å². The Morgan fingerprint density at radius 2 is 1.72 bits per heavy atom. The van der Waals surface area contributed by atoms with Gasteiger partial charge in [0.25, 0.3) is 5.91 Å².